The lowest BCUT2D eigenvalue weighted by atomic mass is 9.88. The van der Waals surface area contributed by atoms with Gasteiger partial charge >= 0.3 is 0 Å². The second kappa shape index (κ2) is 4.89. The van der Waals surface area contributed by atoms with Gasteiger partial charge in [0.2, 0.25) is 0 Å². The van der Waals surface area contributed by atoms with Crippen LogP contribution in [0, 0.1) is 0 Å². The normalized spacial score (nSPS) is 20.9. The van der Waals surface area contributed by atoms with Gasteiger partial charge in [0, 0.05) is 23.9 Å². The monoisotopic (exact) mass is 239 g/mol. The molecule has 2 heteroatoms. The van der Waals surface area contributed by atoms with Crippen molar-refractivity contribution in [3.8, 4) is 0 Å². The molecule has 0 spiro atoms. The third-order valence-corrected chi connectivity index (χ3v) is 3.86. The average Bonchev–Trinajstić information content (AvgIpc) is 2.63. The number of hydrogen-bond acceptors (Lipinski definition) is 2. The summed E-state index contributed by atoms with van der Waals surface area (Å²) in [5, 5.41) is 1.14. The van der Waals surface area contributed by atoms with Crippen LogP contribution >= 0.6 is 0 Å². The van der Waals surface area contributed by atoms with E-state index in [9.17, 15) is 4.79 Å². The molecular weight excluding hydrogens is 222 g/mol. The number of benzene rings is 1. The van der Waals surface area contributed by atoms with Gasteiger partial charge in [0.1, 0.15) is 5.78 Å². The molecule has 1 aliphatic carbocycles. The number of fused-ring (bicyclic) bond motifs is 1. The minimum Gasteiger partial charge on any atom is -0.299 e. The van der Waals surface area contributed by atoms with Crippen molar-refractivity contribution in [2.45, 2.75) is 38.0 Å². The number of nitrogens with zero attached hydrogens (tertiary/aromatic N) is 1. The molecule has 92 valence electrons. The molecule has 0 saturated heterocycles. The van der Waals surface area contributed by atoms with Crippen molar-refractivity contribution in [3.05, 3.63) is 42.1 Å². The fraction of sp³-hybridized carbons (Fsp3) is 0.375. The fourth-order valence-electron chi connectivity index (χ4n) is 2.92. The molecule has 1 aliphatic rings. The van der Waals surface area contributed by atoms with E-state index in [1.165, 1.54) is 12.0 Å². The molecule has 0 radical (unpaired) electrons. The predicted molar refractivity (Wildman–Crippen MR) is 72.6 cm³/mol. The van der Waals surface area contributed by atoms with E-state index in [0.29, 0.717) is 5.78 Å². The van der Waals surface area contributed by atoms with Crippen molar-refractivity contribution in [2.75, 3.05) is 0 Å². The van der Waals surface area contributed by atoms with Gasteiger partial charge in [-0.3, -0.25) is 9.78 Å². The highest BCUT2D eigenvalue weighted by Crippen LogP contribution is 2.32. The van der Waals surface area contributed by atoms with Crippen molar-refractivity contribution in [2.24, 2.45) is 0 Å². The van der Waals surface area contributed by atoms with Crippen molar-refractivity contribution < 1.29 is 4.79 Å². The number of pyridine rings is 1. The van der Waals surface area contributed by atoms with Crippen LogP contribution in [0.4, 0.5) is 0 Å². The first-order valence-electron chi connectivity index (χ1n) is 6.72. The zero-order valence-corrected chi connectivity index (χ0v) is 10.4. The smallest absolute Gasteiger partial charge is 0.140 e. The summed E-state index contributed by atoms with van der Waals surface area (Å²) in [7, 11) is 0. The summed E-state index contributed by atoms with van der Waals surface area (Å²) in [5.74, 6) is 0.490. The van der Waals surface area contributed by atoms with Gasteiger partial charge in [-0.15, -0.1) is 0 Å². The molecule has 18 heavy (non-hydrogen) atoms. The van der Waals surface area contributed by atoms with Gasteiger partial charge in [0.05, 0.1) is 5.52 Å². The molecule has 0 amide bonds. The Balaban J connectivity index is 2.10. The minimum absolute atomic E-state index is 0.0837. The molecule has 3 rings (SSSR count). The van der Waals surface area contributed by atoms with Crippen LogP contribution in [0.1, 0.15) is 43.6 Å². The molecule has 0 N–H and O–H groups in total. The van der Waals surface area contributed by atoms with Gasteiger partial charge in [0.15, 0.2) is 0 Å². The zero-order chi connectivity index (χ0) is 12.4. The van der Waals surface area contributed by atoms with Crippen LogP contribution in [0.2, 0.25) is 0 Å². The van der Waals surface area contributed by atoms with E-state index in [4.69, 9.17) is 0 Å². The standard InChI is InChI=1S/C16H17NO/c18-16-10-3-1-2-6-14(16)12-7-4-9-15-13(12)8-5-11-17-15/h4-5,7-9,11,14H,1-3,6,10H2. The van der Waals surface area contributed by atoms with E-state index in [1.54, 1.807) is 6.20 Å². The Labute approximate surface area is 107 Å². The molecule has 1 aromatic heterocycles. The number of carbonyl (C=O) groups is 1. The molecule has 1 saturated carbocycles. The Morgan fingerprint density at radius 3 is 2.94 bits per heavy atom. The van der Waals surface area contributed by atoms with E-state index in [2.05, 4.69) is 17.1 Å². The molecule has 1 atom stereocenters. The van der Waals surface area contributed by atoms with Gasteiger partial charge in [0.25, 0.3) is 0 Å². The third kappa shape index (κ3) is 2.03. The van der Waals surface area contributed by atoms with Gasteiger partial charge < -0.3 is 0 Å². The van der Waals surface area contributed by atoms with Crippen molar-refractivity contribution >= 4 is 16.7 Å². The average molecular weight is 239 g/mol. The summed E-state index contributed by atoms with van der Waals surface area (Å²) in [5.41, 5.74) is 2.17. The first-order valence-corrected chi connectivity index (χ1v) is 6.72. The number of carbonyl (C=O) groups excluding carboxylic acids is 1. The van der Waals surface area contributed by atoms with Crippen molar-refractivity contribution in [1.29, 1.82) is 0 Å². The Morgan fingerprint density at radius 1 is 1.06 bits per heavy atom. The molecule has 0 aliphatic heterocycles. The first-order chi connectivity index (χ1) is 8.86. The first kappa shape index (κ1) is 11.4. The summed E-state index contributed by atoms with van der Waals surface area (Å²) in [6.45, 7) is 0. The summed E-state index contributed by atoms with van der Waals surface area (Å²) in [4.78, 5) is 16.6. The highest BCUT2D eigenvalue weighted by molar-refractivity contribution is 5.92. The lowest BCUT2D eigenvalue weighted by Crippen LogP contribution is -2.10. The predicted octanol–water partition coefficient (Wildman–Crippen LogP) is 3.85. The maximum Gasteiger partial charge on any atom is 0.140 e. The second-order valence-electron chi connectivity index (χ2n) is 5.04. The van der Waals surface area contributed by atoms with Gasteiger partial charge in [-0.25, -0.2) is 0 Å². The topological polar surface area (TPSA) is 30.0 Å². The molecule has 2 nitrogen and oxygen atoms in total. The number of rotatable bonds is 1. The van der Waals surface area contributed by atoms with Crippen LogP contribution in [0.3, 0.4) is 0 Å². The Morgan fingerprint density at radius 2 is 2.00 bits per heavy atom. The van der Waals surface area contributed by atoms with E-state index >= 15 is 0 Å². The zero-order valence-electron chi connectivity index (χ0n) is 10.4. The minimum atomic E-state index is 0.0837. The third-order valence-electron chi connectivity index (χ3n) is 3.86. The van der Waals surface area contributed by atoms with Crippen LogP contribution in [0.15, 0.2) is 36.5 Å². The van der Waals surface area contributed by atoms with E-state index < -0.39 is 0 Å². The summed E-state index contributed by atoms with van der Waals surface area (Å²) >= 11 is 0. The Bertz CT molecular complexity index is 571. The summed E-state index contributed by atoms with van der Waals surface area (Å²) < 4.78 is 0. The molecule has 0 bridgehead atoms. The Hall–Kier alpha value is -1.70. The number of ketones is 1. The molecular formula is C16H17NO. The second-order valence-corrected chi connectivity index (χ2v) is 5.04. The Kier molecular flexibility index (Phi) is 3.09. The van der Waals surface area contributed by atoms with Crippen LogP contribution in [0.5, 0.6) is 0 Å². The quantitative estimate of drug-likeness (QED) is 0.707. The maximum atomic E-state index is 12.2. The lowest BCUT2D eigenvalue weighted by Gasteiger charge is -2.15. The van der Waals surface area contributed by atoms with Crippen LogP contribution in [0.25, 0.3) is 10.9 Å². The fourth-order valence-corrected chi connectivity index (χ4v) is 2.92. The van der Waals surface area contributed by atoms with Gasteiger partial charge in [-0.05, 0) is 30.5 Å². The number of hydrogen-bond donors (Lipinski definition) is 0. The number of aromatic nitrogens is 1. The lowest BCUT2D eigenvalue weighted by molar-refractivity contribution is -0.120. The van der Waals surface area contributed by atoms with E-state index in [1.807, 2.05) is 18.2 Å². The van der Waals surface area contributed by atoms with Crippen LogP contribution in [-0.4, -0.2) is 10.8 Å². The van der Waals surface area contributed by atoms with E-state index in [-0.39, 0.29) is 5.92 Å². The molecule has 1 unspecified atom stereocenters. The molecule has 2 aromatic rings. The largest absolute Gasteiger partial charge is 0.299 e. The van der Waals surface area contributed by atoms with Crippen LogP contribution < -0.4 is 0 Å². The number of Topliss-reactive ketones (excluding diaryl/α,β-unsaturated/α-hetero) is 1. The highest BCUT2D eigenvalue weighted by Gasteiger charge is 2.23. The van der Waals surface area contributed by atoms with Crippen molar-refractivity contribution in [1.82, 2.24) is 4.98 Å². The molecule has 1 heterocycles. The summed E-state index contributed by atoms with van der Waals surface area (Å²) in [6.07, 6.45) is 6.94. The molecule has 1 fully saturated rings. The summed E-state index contributed by atoms with van der Waals surface area (Å²) in [6, 6.07) is 10.2. The maximum absolute atomic E-state index is 12.2. The van der Waals surface area contributed by atoms with Gasteiger partial charge in [-0.1, -0.05) is 31.0 Å². The van der Waals surface area contributed by atoms with Gasteiger partial charge in [-0.2, -0.15) is 0 Å². The SMILES string of the molecule is O=C1CCCCCC1c1cccc2ncccc12. The van der Waals surface area contributed by atoms with Crippen LogP contribution in [-0.2, 0) is 4.79 Å². The molecule has 1 aromatic carbocycles. The highest BCUT2D eigenvalue weighted by atomic mass is 16.1. The van der Waals surface area contributed by atoms with E-state index in [0.717, 1.165) is 36.6 Å². The van der Waals surface area contributed by atoms with Crippen molar-refractivity contribution in [3.63, 3.8) is 0 Å².